The summed E-state index contributed by atoms with van der Waals surface area (Å²) in [5.74, 6) is -0.141. The van der Waals surface area contributed by atoms with Crippen molar-refractivity contribution in [2.45, 2.75) is 32.7 Å². The molecule has 2 aromatic carbocycles. The minimum Gasteiger partial charge on any atom is -0.395 e. The topological polar surface area (TPSA) is 68.7 Å². The fraction of sp³-hybridized carbons (Fsp3) is 0.407. The molecule has 2 N–H and O–H groups in total. The molecule has 180 valence electrons. The van der Waals surface area contributed by atoms with Crippen LogP contribution in [0.5, 0.6) is 0 Å². The third-order valence-electron chi connectivity index (χ3n) is 6.64. The van der Waals surface area contributed by atoms with Gasteiger partial charge in [0, 0.05) is 55.6 Å². The number of hydrogen-bond acceptors (Lipinski definition) is 6. The van der Waals surface area contributed by atoms with Crippen LogP contribution < -0.4 is 5.32 Å². The SMILES string of the molecule is Cc1ccc(C(C)(C)c2csc(NC(=O)c3ccc(CN4CCN(CCO)CC4)cc3)n2)cc1. The minimum atomic E-state index is -0.238. The van der Waals surface area contributed by atoms with Crippen LogP contribution in [0.2, 0.25) is 0 Å². The first kappa shape index (κ1) is 24.5. The summed E-state index contributed by atoms with van der Waals surface area (Å²) in [6.45, 7) is 12.2. The molecule has 1 saturated heterocycles. The normalized spacial score (nSPS) is 15.4. The number of benzene rings is 2. The fourth-order valence-corrected chi connectivity index (χ4v) is 5.11. The van der Waals surface area contributed by atoms with Gasteiger partial charge in [-0.05, 0) is 30.2 Å². The van der Waals surface area contributed by atoms with E-state index in [1.54, 1.807) is 0 Å². The number of carbonyl (C=O) groups excluding carboxylic acids is 1. The number of rotatable bonds is 8. The zero-order chi connectivity index (χ0) is 24.1. The molecule has 6 nitrogen and oxygen atoms in total. The van der Waals surface area contributed by atoms with E-state index < -0.39 is 0 Å². The van der Waals surface area contributed by atoms with E-state index in [0.29, 0.717) is 10.7 Å². The number of anilines is 1. The number of piperazine rings is 1. The average Bonchev–Trinajstić information content (AvgIpc) is 3.31. The Kier molecular flexibility index (Phi) is 7.78. The van der Waals surface area contributed by atoms with Crippen molar-refractivity contribution in [3.8, 4) is 0 Å². The summed E-state index contributed by atoms with van der Waals surface area (Å²) in [6, 6.07) is 16.4. The number of β-amino-alcohol motifs (C(OH)–C–C–N with tert-alkyl or cyclic N) is 1. The van der Waals surface area contributed by atoms with Crippen molar-refractivity contribution in [2.75, 3.05) is 44.6 Å². The highest BCUT2D eigenvalue weighted by Gasteiger charge is 2.26. The lowest BCUT2D eigenvalue weighted by atomic mass is 9.82. The van der Waals surface area contributed by atoms with E-state index in [0.717, 1.165) is 45.0 Å². The molecule has 2 heterocycles. The monoisotopic (exact) mass is 478 g/mol. The first-order valence-electron chi connectivity index (χ1n) is 11.8. The number of nitrogens with one attached hydrogen (secondary N) is 1. The van der Waals surface area contributed by atoms with Crippen molar-refractivity contribution in [2.24, 2.45) is 0 Å². The quantitative estimate of drug-likeness (QED) is 0.509. The molecule has 7 heteroatoms. The van der Waals surface area contributed by atoms with Gasteiger partial charge in [-0.1, -0.05) is 55.8 Å². The van der Waals surface area contributed by atoms with Gasteiger partial charge in [-0.25, -0.2) is 4.98 Å². The highest BCUT2D eigenvalue weighted by Crippen LogP contribution is 2.33. The second-order valence-corrected chi connectivity index (χ2v) is 10.4. The van der Waals surface area contributed by atoms with E-state index in [9.17, 15) is 4.79 Å². The Hall–Kier alpha value is -2.58. The largest absolute Gasteiger partial charge is 0.395 e. The summed E-state index contributed by atoms with van der Waals surface area (Å²) < 4.78 is 0. The number of aliphatic hydroxyl groups is 1. The fourth-order valence-electron chi connectivity index (χ4n) is 4.24. The van der Waals surface area contributed by atoms with E-state index in [4.69, 9.17) is 10.1 Å². The van der Waals surface area contributed by atoms with Crippen molar-refractivity contribution in [3.05, 3.63) is 81.9 Å². The Morgan fingerprint density at radius 1 is 1.03 bits per heavy atom. The zero-order valence-electron chi connectivity index (χ0n) is 20.3. The average molecular weight is 479 g/mol. The smallest absolute Gasteiger partial charge is 0.257 e. The second kappa shape index (κ2) is 10.8. The van der Waals surface area contributed by atoms with Gasteiger partial charge in [-0.15, -0.1) is 11.3 Å². The standard InChI is InChI=1S/C27H34N4O2S/c1-20-4-10-23(11-5-20)27(2,3)24-19-34-26(28-24)29-25(33)22-8-6-21(7-9-22)18-31-14-12-30(13-15-31)16-17-32/h4-11,19,32H,12-18H2,1-3H3,(H,28,29,33). The molecule has 0 atom stereocenters. The van der Waals surface area contributed by atoms with Crippen LogP contribution >= 0.6 is 11.3 Å². The van der Waals surface area contributed by atoms with Gasteiger partial charge in [0.15, 0.2) is 5.13 Å². The Balaban J connectivity index is 1.34. The van der Waals surface area contributed by atoms with Gasteiger partial charge in [0.25, 0.3) is 5.91 Å². The van der Waals surface area contributed by atoms with Gasteiger partial charge in [-0.3, -0.25) is 19.9 Å². The van der Waals surface area contributed by atoms with E-state index in [1.165, 1.54) is 28.0 Å². The highest BCUT2D eigenvalue weighted by molar-refractivity contribution is 7.14. The Morgan fingerprint density at radius 2 is 1.68 bits per heavy atom. The van der Waals surface area contributed by atoms with Crippen LogP contribution in [-0.2, 0) is 12.0 Å². The van der Waals surface area contributed by atoms with E-state index >= 15 is 0 Å². The summed E-state index contributed by atoms with van der Waals surface area (Å²) in [4.78, 5) is 22.2. The maximum Gasteiger partial charge on any atom is 0.257 e. The predicted molar refractivity (Wildman–Crippen MR) is 139 cm³/mol. The Bertz CT molecular complexity index is 1080. The lowest BCUT2D eigenvalue weighted by Crippen LogP contribution is -2.46. The Morgan fingerprint density at radius 3 is 2.32 bits per heavy atom. The number of carbonyl (C=O) groups is 1. The third kappa shape index (κ3) is 5.91. The molecule has 1 aliphatic rings. The molecule has 3 aromatic rings. The van der Waals surface area contributed by atoms with Crippen LogP contribution in [0.15, 0.2) is 53.9 Å². The van der Waals surface area contributed by atoms with Crippen molar-refractivity contribution in [3.63, 3.8) is 0 Å². The molecular weight excluding hydrogens is 444 g/mol. The molecule has 0 unspecified atom stereocenters. The van der Waals surface area contributed by atoms with Gasteiger partial charge in [0.05, 0.1) is 12.3 Å². The first-order valence-corrected chi connectivity index (χ1v) is 12.7. The molecular formula is C27H34N4O2S. The van der Waals surface area contributed by atoms with Crippen LogP contribution in [0, 0.1) is 6.92 Å². The maximum absolute atomic E-state index is 12.8. The first-order chi connectivity index (χ1) is 16.3. The molecule has 4 rings (SSSR count). The van der Waals surface area contributed by atoms with Gasteiger partial charge in [-0.2, -0.15) is 0 Å². The van der Waals surface area contributed by atoms with E-state index in [1.807, 2.05) is 29.6 Å². The molecule has 1 aliphatic heterocycles. The lowest BCUT2D eigenvalue weighted by Gasteiger charge is -2.34. The number of hydrogen-bond donors (Lipinski definition) is 2. The third-order valence-corrected chi connectivity index (χ3v) is 7.40. The molecule has 1 fully saturated rings. The van der Waals surface area contributed by atoms with E-state index in [-0.39, 0.29) is 17.9 Å². The van der Waals surface area contributed by atoms with Crippen molar-refractivity contribution < 1.29 is 9.90 Å². The van der Waals surface area contributed by atoms with Crippen molar-refractivity contribution in [1.29, 1.82) is 0 Å². The van der Waals surface area contributed by atoms with Crippen molar-refractivity contribution in [1.82, 2.24) is 14.8 Å². The number of aryl methyl sites for hydroxylation is 1. The molecule has 34 heavy (non-hydrogen) atoms. The number of amides is 1. The number of aliphatic hydroxyl groups excluding tert-OH is 1. The maximum atomic E-state index is 12.8. The predicted octanol–water partition coefficient (Wildman–Crippen LogP) is 4.14. The summed E-state index contributed by atoms with van der Waals surface area (Å²) in [6.07, 6.45) is 0. The second-order valence-electron chi connectivity index (χ2n) is 9.52. The highest BCUT2D eigenvalue weighted by atomic mass is 32.1. The molecule has 0 spiro atoms. The summed E-state index contributed by atoms with van der Waals surface area (Å²) in [5.41, 5.74) is 4.98. The van der Waals surface area contributed by atoms with Gasteiger partial charge in [0.1, 0.15) is 0 Å². The lowest BCUT2D eigenvalue weighted by molar-refractivity contribution is 0.102. The molecule has 0 bridgehead atoms. The molecule has 0 saturated carbocycles. The van der Waals surface area contributed by atoms with Crippen LogP contribution in [0.1, 0.15) is 46.6 Å². The van der Waals surface area contributed by atoms with Crippen LogP contribution in [0.25, 0.3) is 0 Å². The van der Waals surface area contributed by atoms with E-state index in [2.05, 4.69) is 60.2 Å². The number of aromatic nitrogens is 1. The number of thiazole rings is 1. The van der Waals surface area contributed by atoms with Crippen LogP contribution in [-0.4, -0.2) is 65.1 Å². The van der Waals surface area contributed by atoms with Gasteiger partial charge in [0.2, 0.25) is 0 Å². The molecule has 0 aliphatic carbocycles. The van der Waals surface area contributed by atoms with Gasteiger partial charge >= 0.3 is 0 Å². The van der Waals surface area contributed by atoms with Crippen LogP contribution in [0.4, 0.5) is 5.13 Å². The molecule has 0 radical (unpaired) electrons. The summed E-state index contributed by atoms with van der Waals surface area (Å²) in [5, 5.41) is 14.7. The number of nitrogens with zero attached hydrogens (tertiary/aromatic N) is 3. The molecule has 1 aromatic heterocycles. The van der Waals surface area contributed by atoms with Crippen LogP contribution in [0.3, 0.4) is 0 Å². The van der Waals surface area contributed by atoms with Crippen molar-refractivity contribution >= 4 is 22.4 Å². The molecule has 1 amide bonds. The summed E-state index contributed by atoms with van der Waals surface area (Å²) >= 11 is 1.46. The zero-order valence-corrected chi connectivity index (χ0v) is 21.1. The Labute approximate surface area is 206 Å². The minimum absolute atomic E-state index is 0.141. The summed E-state index contributed by atoms with van der Waals surface area (Å²) in [7, 11) is 0. The van der Waals surface area contributed by atoms with Gasteiger partial charge < -0.3 is 5.11 Å².